The first kappa shape index (κ1) is 9.84. The molecule has 0 aliphatic carbocycles. The van der Waals surface area contributed by atoms with Crippen molar-refractivity contribution in [2.24, 2.45) is 0 Å². The number of H-pyrrole nitrogens is 1. The highest BCUT2D eigenvalue weighted by Crippen LogP contribution is 2.19. The number of benzene rings is 1. The van der Waals surface area contributed by atoms with E-state index in [0.717, 1.165) is 16.6 Å². The maximum absolute atomic E-state index is 5.67. The van der Waals surface area contributed by atoms with Gasteiger partial charge in [0.25, 0.3) is 0 Å². The van der Waals surface area contributed by atoms with Crippen LogP contribution in [0.25, 0.3) is 11.0 Å². The van der Waals surface area contributed by atoms with Gasteiger partial charge in [0.1, 0.15) is 6.61 Å². The topological polar surface area (TPSA) is 50.8 Å². The molecule has 2 heterocycles. The van der Waals surface area contributed by atoms with Crippen molar-refractivity contribution in [1.82, 2.24) is 15.0 Å². The Morgan fingerprint density at radius 3 is 2.82 bits per heavy atom. The Morgan fingerprint density at radius 1 is 1.06 bits per heavy atom. The van der Waals surface area contributed by atoms with Crippen LogP contribution >= 0.6 is 0 Å². The maximum Gasteiger partial charge on any atom is 0.242 e. The van der Waals surface area contributed by atoms with Crippen molar-refractivity contribution in [1.29, 1.82) is 0 Å². The van der Waals surface area contributed by atoms with E-state index in [4.69, 9.17) is 4.74 Å². The van der Waals surface area contributed by atoms with Crippen molar-refractivity contribution in [2.45, 2.75) is 6.61 Å². The molecule has 4 nitrogen and oxygen atoms in total. The average molecular weight is 225 g/mol. The molecule has 84 valence electrons. The lowest BCUT2D eigenvalue weighted by molar-refractivity contribution is 0.297. The highest BCUT2D eigenvalue weighted by atomic mass is 16.5. The third kappa shape index (κ3) is 1.97. The lowest BCUT2D eigenvalue weighted by Gasteiger charge is -2.05. The smallest absolute Gasteiger partial charge is 0.242 e. The lowest BCUT2D eigenvalue weighted by Crippen LogP contribution is -1.97. The Balaban J connectivity index is 1.84. The summed E-state index contributed by atoms with van der Waals surface area (Å²) in [6.07, 6.45) is 3.35. The number of pyridine rings is 1. The summed E-state index contributed by atoms with van der Waals surface area (Å²) in [5.41, 5.74) is 2.81. The van der Waals surface area contributed by atoms with Crippen molar-refractivity contribution in [3.05, 3.63) is 54.5 Å². The second kappa shape index (κ2) is 4.25. The summed E-state index contributed by atoms with van der Waals surface area (Å²) in [6, 6.07) is 11.9. The maximum atomic E-state index is 5.67. The van der Waals surface area contributed by atoms with Gasteiger partial charge in [-0.3, -0.25) is 0 Å². The van der Waals surface area contributed by atoms with E-state index in [-0.39, 0.29) is 0 Å². The fourth-order valence-electron chi connectivity index (χ4n) is 1.67. The number of fused-ring (bicyclic) bond motifs is 1. The van der Waals surface area contributed by atoms with E-state index in [1.807, 2.05) is 36.4 Å². The molecule has 0 unspecified atom stereocenters. The van der Waals surface area contributed by atoms with Gasteiger partial charge in [0.15, 0.2) is 5.52 Å². The third-order valence-corrected chi connectivity index (χ3v) is 2.52. The Morgan fingerprint density at radius 2 is 1.94 bits per heavy atom. The van der Waals surface area contributed by atoms with E-state index < -0.39 is 0 Å². The SMILES string of the molecule is c1ccc(COc2nccc3[nH]cnc23)cc1. The fourth-order valence-corrected chi connectivity index (χ4v) is 1.67. The molecular formula is C13H11N3O. The monoisotopic (exact) mass is 225 g/mol. The van der Waals surface area contributed by atoms with Gasteiger partial charge >= 0.3 is 0 Å². The summed E-state index contributed by atoms with van der Waals surface area (Å²) in [6.45, 7) is 0.500. The van der Waals surface area contributed by atoms with Crippen molar-refractivity contribution in [3.8, 4) is 5.88 Å². The van der Waals surface area contributed by atoms with Crippen LogP contribution in [-0.2, 0) is 6.61 Å². The molecule has 0 amide bonds. The minimum atomic E-state index is 0.500. The van der Waals surface area contributed by atoms with Gasteiger partial charge in [-0.15, -0.1) is 0 Å². The number of aromatic amines is 1. The number of ether oxygens (including phenoxy) is 1. The fraction of sp³-hybridized carbons (Fsp3) is 0.0769. The molecule has 0 spiro atoms. The van der Waals surface area contributed by atoms with E-state index >= 15 is 0 Å². The van der Waals surface area contributed by atoms with Crippen LogP contribution in [0.2, 0.25) is 0 Å². The van der Waals surface area contributed by atoms with E-state index in [1.165, 1.54) is 0 Å². The van der Waals surface area contributed by atoms with Crippen LogP contribution in [0.1, 0.15) is 5.56 Å². The van der Waals surface area contributed by atoms with Gasteiger partial charge in [-0.05, 0) is 11.6 Å². The largest absolute Gasteiger partial charge is 0.471 e. The van der Waals surface area contributed by atoms with Crippen LogP contribution in [0.5, 0.6) is 5.88 Å². The molecular weight excluding hydrogens is 214 g/mol. The van der Waals surface area contributed by atoms with Gasteiger partial charge in [0, 0.05) is 6.20 Å². The first-order valence-electron chi connectivity index (χ1n) is 5.38. The standard InChI is InChI=1S/C13H11N3O/c1-2-4-10(5-3-1)8-17-13-12-11(6-7-14-13)15-9-16-12/h1-7,9H,8H2,(H,15,16). The van der Waals surface area contributed by atoms with Gasteiger partial charge in [0.05, 0.1) is 11.8 Å². The normalized spacial score (nSPS) is 10.6. The van der Waals surface area contributed by atoms with Crippen molar-refractivity contribution >= 4 is 11.0 Å². The Bertz CT molecular complexity index is 619. The quantitative estimate of drug-likeness (QED) is 0.745. The van der Waals surface area contributed by atoms with Crippen LogP contribution in [0, 0.1) is 0 Å². The minimum absolute atomic E-state index is 0.500. The molecule has 0 bridgehead atoms. The average Bonchev–Trinajstić information content (AvgIpc) is 2.86. The molecule has 3 aromatic rings. The zero-order valence-electron chi connectivity index (χ0n) is 9.13. The van der Waals surface area contributed by atoms with Crippen LogP contribution in [0.4, 0.5) is 0 Å². The molecule has 0 atom stereocenters. The Labute approximate surface area is 98.3 Å². The number of nitrogens with zero attached hydrogens (tertiary/aromatic N) is 2. The number of aromatic nitrogens is 3. The molecule has 1 aromatic carbocycles. The molecule has 17 heavy (non-hydrogen) atoms. The summed E-state index contributed by atoms with van der Waals surface area (Å²) in [4.78, 5) is 11.4. The lowest BCUT2D eigenvalue weighted by atomic mass is 10.2. The second-order valence-electron chi connectivity index (χ2n) is 3.69. The third-order valence-electron chi connectivity index (χ3n) is 2.52. The number of imidazole rings is 1. The minimum Gasteiger partial charge on any atom is -0.471 e. The molecule has 4 heteroatoms. The van der Waals surface area contributed by atoms with Crippen LogP contribution < -0.4 is 4.74 Å². The first-order chi connectivity index (χ1) is 8.43. The zero-order valence-corrected chi connectivity index (χ0v) is 9.13. The number of hydrogen-bond acceptors (Lipinski definition) is 3. The number of rotatable bonds is 3. The predicted molar refractivity (Wildman–Crippen MR) is 64.7 cm³/mol. The van der Waals surface area contributed by atoms with Crippen molar-refractivity contribution in [3.63, 3.8) is 0 Å². The molecule has 1 N–H and O–H groups in total. The first-order valence-corrected chi connectivity index (χ1v) is 5.38. The van der Waals surface area contributed by atoms with Crippen LogP contribution in [0.15, 0.2) is 48.9 Å². The summed E-state index contributed by atoms with van der Waals surface area (Å²) < 4.78 is 5.67. The molecule has 0 aliphatic rings. The molecule has 0 saturated heterocycles. The van der Waals surface area contributed by atoms with Gasteiger partial charge in [-0.2, -0.15) is 0 Å². The van der Waals surface area contributed by atoms with Gasteiger partial charge in [0.2, 0.25) is 5.88 Å². The highest BCUT2D eigenvalue weighted by Gasteiger charge is 2.05. The molecule has 0 fully saturated rings. The second-order valence-corrected chi connectivity index (χ2v) is 3.69. The van der Waals surface area contributed by atoms with Crippen LogP contribution in [-0.4, -0.2) is 15.0 Å². The Kier molecular flexibility index (Phi) is 2.46. The van der Waals surface area contributed by atoms with E-state index in [9.17, 15) is 0 Å². The predicted octanol–water partition coefficient (Wildman–Crippen LogP) is 2.54. The van der Waals surface area contributed by atoms with E-state index in [2.05, 4.69) is 15.0 Å². The molecule has 3 rings (SSSR count). The van der Waals surface area contributed by atoms with Crippen molar-refractivity contribution < 1.29 is 4.74 Å². The van der Waals surface area contributed by atoms with Crippen LogP contribution in [0.3, 0.4) is 0 Å². The summed E-state index contributed by atoms with van der Waals surface area (Å²) in [5.74, 6) is 0.563. The molecule has 2 aromatic heterocycles. The molecule has 0 saturated carbocycles. The number of nitrogens with one attached hydrogen (secondary N) is 1. The molecule has 0 aliphatic heterocycles. The summed E-state index contributed by atoms with van der Waals surface area (Å²) in [7, 11) is 0. The van der Waals surface area contributed by atoms with Crippen molar-refractivity contribution in [2.75, 3.05) is 0 Å². The van der Waals surface area contributed by atoms with Gasteiger partial charge in [-0.1, -0.05) is 30.3 Å². The van der Waals surface area contributed by atoms with E-state index in [1.54, 1.807) is 12.5 Å². The zero-order chi connectivity index (χ0) is 11.5. The van der Waals surface area contributed by atoms with Gasteiger partial charge < -0.3 is 9.72 Å². The van der Waals surface area contributed by atoms with Gasteiger partial charge in [-0.25, -0.2) is 9.97 Å². The Hall–Kier alpha value is -2.36. The highest BCUT2D eigenvalue weighted by molar-refractivity contribution is 5.78. The summed E-state index contributed by atoms with van der Waals surface area (Å²) in [5, 5.41) is 0. The summed E-state index contributed by atoms with van der Waals surface area (Å²) >= 11 is 0. The molecule has 0 radical (unpaired) electrons. The number of hydrogen-bond donors (Lipinski definition) is 1. The van der Waals surface area contributed by atoms with E-state index in [0.29, 0.717) is 12.5 Å².